The minimum Gasteiger partial charge on any atom is -0.496 e. The van der Waals surface area contributed by atoms with Crippen molar-refractivity contribution < 1.29 is 32.7 Å². The van der Waals surface area contributed by atoms with E-state index < -0.39 is 10.8 Å². The van der Waals surface area contributed by atoms with Gasteiger partial charge in [0.15, 0.2) is 11.7 Å². The SMILES string of the molecule is COc1cc(OC)c(C=CC(=O)c2cc3c(cc2OC)S(=O)CO3)c(OC)c1. The van der Waals surface area contributed by atoms with Gasteiger partial charge in [-0.15, -0.1) is 0 Å². The van der Waals surface area contributed by atoms with Crippen LogP contribution in [-0.2, 0) is 10.8 Å². The largest absolute Gasteiger partial charge is 0.496 e. The predicted molar refractivity (Wildman–Crippen MR) is 104 cm³/mol. The normalized spacial score (nSPS) is 15.1. The fraction of sp³-hybridized carbons (Fsp3) is 0.250. The van der Waals surface area contributed by atoms with E-state index in [4.69, 9.17) is 23.7 Å². The summed E-state index contributed by atoms with van der Waals surface area (Å²) >= 11 is 0. The first-order valence-electron chi connectivity index (χ1n) is 8.28. The molecule has 1 heterocycles. The molecule has 0 saturated heterocycles. The van der Waals surface area contributed by atoms with Crippen LogP contribution in [-0.4, -0.2) is 44.4 Å². The van der Waals surface area contributed by atoms with Crippen LogP contribution < -0.4 is 23.7 Å². The van der Waals surface area contributed by atoms with E-state index >= 15 is 0 Å². The number of ether oxygens (including phenoxy) is 5. The van der Waals surface area contributed by atoms with Crippen LogP contribution in [0.4, 0.5) is 0 Å². The van der Waals surface area contributed by atoms with Crippen molar-refractivity contribution >= 4 is 22.7 Å². The molecule has 1 aliphatic rings. The van der Waals surface area contributed by atoms with E-state index in [2.05, 4.69) is 0 Å². The molecule has 1 atom stereocenters. The van der Waals surface area contributed by atoms with Gasteiger partial charge in [-0.1, -0.05) is 0 Å². The molecule has 2 aromatic carbocycles. The van der Waals surface area contributed by atoms with Crippen LogP contribution in [0.1, 0.15) is 15.9 Å². The second-order valence-corrected chi connectivity index (χ2v) is 7.12. The Morgan fingerprint density at radius 3 is 2.18 bits per heavy atom. The smallest absolute Gasteiger partial charge is 0.189 e. The molecule has 0 bridgehead atoms. The van der Waals surface area contributed by atoms with Crippen LogP contribution in [0.2, 0.25) is 0 Å². The number of rotatable bonds is 7. The summed E-state index contributed by atoms with van der Waals surface area (Å²) in [5.74, 6) is 2.10. The Bertz CT molecular complexity index is 940. The van der Waals surface area contributed by atoms with Crippen molar-refractivity contribution in [3.63, 3.8) is 0 Å². The van der Waals surface area contributed by atoms with Crippen LogP contribution in [0.25, 0.3) is 6.08 Å². The average Bonchev–Trinajstić information content (AvgIpc) is 3.09. The van der Waals surface area contributed by atoms with Crippen LogP contribution in [0.3, 0.4) is 0 Å². The topological polar surface area (TPSA) is 80.3 Å². The minimum absolute atomic E-state index is 0.0756. The van der Waals surface area contributed by atoms with E-state index in [0.717, 1.165) is 0 Å². The van der Waals surface area contributed by atoms with Crippen molar-refractivity contribution in [3.8, 4) is 28.7 Å². The highest BCUT2D eigenvalue weighted by Crippen LogP contribution is 2.37. The quantitative estimate of drug-likeness (QED) is 0.518. The van der Waals surface area contributed by atoms with E-state index in [-0.39, 0.29) is 11.7 Å². The number of carbonyl (C=O) groups is 1. The third-order valence-corrected chi connectivity index (χ3v) is 5.39. The van der Waals surface area contributed by atoms with Crippen LogP contribution in [0, 0.1) is 0 Å². The molecule has 1 aliphatic heterocycles. The molecule has 0 fully saturated rings. The molecule has 0 amide bonds. The molecule has 28 heavy (non-hydrogen) atoms. The molecule has 0 spiro atoms. The average molecular weight is 404 g/mol. The van der Waals surface area contributed by atoms with Crippen molar-refractivity contribution in [2.45, 2.75) is 4.90 Å². The molecule has 0 saturated carbocycles. The van der Waals surface area contributed by atoms with E-state index in [0.29, 0.717) is 44.8 Å². The summed E-state index contributed by atoms with van der Waals surface area (Å²) in [4.78, 5) is 13.3. The highest BCUT2D eigenvalue weighted by Gasteiger charge is 2.24. The molecule has 0 aliphatic carbocycles. The lowest BCUT2D eigenvalue weighted by molar-refractivity contribution is 0.104. The molecule has 0 N–H and O–H groups in total. The Kier molecular flexibility index (Phi) is 5.89. The summed E-state index contributed by atoms with van der Waals surface area (Å²) in [7, 11) is 4.79. The van der Waals surface area contributed by atoms with Crippen molar-refractivity contribution in [1.82, 2.24) is 0 Å². The highest BCUT2D eigenvalue weighted by molar-refractivity contribution is 7.85. The Hall–Kier alpha value is -3.00. The number of methoxy groups -OCH3 is 4. The number of hydrogen-bond acceptors (Lipinski definition) is 7. The molecule has 0 aromatic heterocycles. The summed E-state index contributed by atoms with van der Waals surface area (Å²) in [6.45, 7) is 0. The maximum atomic E-state index is 12.8. The van der Waals surface area contributed by atoms with Gasteiger partial charge in [0.1, 0.15) is 28.7 Å². The standard InChI is InChI=1S/C20H20O7S/c1-23-12-7-16(24-2)13(17(8-12)25-3)5-6-15(21)14-9-19-20(10-18(14)26-4)28(22)11-27-19/h5-10H,11H2,1-4H3. The lowest BCUT2D eigenvalue weighted by Gasteiger charge is -2.12. The van der Waals surface area contributed by atoms with Crippen LogP contribution in [0.5, 0.6) is 28.7 Å². The van der Waals surface area contributed by atoms with E-state index in [1.54, 1.807) is 37.5 Å². The number of allylic oxidation sites excluding steroid dienone is 1. The first kappa shape index (κ1) is 19.8. The van der Waals surface area contributed by atoms with E-state index in [1.807, 2.05) is 0 Å². The van der Waals surface area contributed by atoms with Crippen molar-refractivity contribution in [2.75, 3.05) is 34.4 Å². The van der Waals surface area contributed by atoms with Gasteiger partial charge in [0.2, 0.25) is 0 Å². The van der Waals surface area contributed by atoms with E-state index in [9.17, 15) is 9.00 Å². The Labute approximate surface area is 165 Å². The molecule has 7 nitrogen and oxygen atoms in total. The molecule has 148 valence electrons. The Morgan fingerprint density at radius 2 is 1.61 bits per heavy atom. The van der Waals surface area contributed by atoms with Gasteiger partial charge >= 0.3 is 0 Å². The molecule has 2 aromatic rings. The Morgan fingerprint density at radius 1 is 0.964 bits per heavy atom. The fourth-order valence-corrected chi connectivity index (χ4v) is 3.76. The van der Waals surface area contributed by atoms with Crippen LogP contribution in [0.15, 0.2) is 35.2 Å². The zero-order chi connectivity index (χ0) is 20.3. The summed E-state index contributed by atoms with van der Waals surface area (Å²) in [5.41, 5.74) is 0.902. The first-order valence-corrected chi connectivity index (χ1v) is 9.59. The van der Waals surface area contributed by atoms with Gasteiger partial charge in [0, 0.05) is 18.2 Å². The number of benzene rings is 2. The first-order chi connectivity index (χ1) is 13.5. The molecule has 8 heteroatoms. The van der Waals surface area contributed by atoms with Crippen molar-refractivity contribution in [3.05, 3.63) is 41.5 Å². The third-order valence-electron chi connectivity index (χ3n) is 4.25. The fourth-order valence-electron chi connectivity index (χ4n) is 2.82. The summed E-state index contributed by atoms with van der Waals surface area (Å²) in [6, 6.07) is 6.53. The number of carbonyl (C=O) groups excluding carboxylic acids is 1. The minimum atomic E-state index is -1.25. The molecule has 0 radical (unpaired) electrons. The summed E-state index contributed by atoms with van der Waals surface area (Å²) in [6.07, 6.45) is 2.99. The van der Waals surface area contributed by atoms with E-state index in [1.165, 1.54) is 27.4 Å². The zero-order valence-electron chi connectivity index (χ0n) is 15.9. The van der Waals surface area contributed by atoms with Gasteiger partial charge in [-0.2, -0.15) is 0 Å². The number of fused-ring (bicyclic) bond motifs is 1. The summed E-state index contributed by atoms with van der Waals surface area (Å²) < 4.78 is 38.6. The third kappa shape index (κ3) is 3.68. The molecule has 1 unspecified atom stereocenters. The highest BCUT2D eigenvalue weighted by atomic mass is 32.2. The van der Waals surface area contributed by atoms with Crippen LogP contribution >= 0.6 is 0 Å². The zero-order valence-corrected chi connectivity index (χ0v) is 16.8. The van der Waals surface area contributed by atoms with Gasteiger partial charge in [0.05, 0.1) is 55.3 Å². The second kappa shape index (κ2) is 8.35. The van der Waals surface area contributed by atoms with Gasteiger partial charge in [-0.25, -0.2) is 0 Å². The predicted octanol–water partition coefficient (Wildman–Crippen LogP) is 3.07. The van der Waals surface area contributed by atoms with Gasteiger partial charge in [-0.05, 0) is 18.2 Å². The molecule has 3 rings (SSSR count). The maximum absolute atomic E-state index is 12.8. The van der Waals surface area contributed by atoms with Crippen molar-refractivity contribution in [1.29, 1.82) is 0 Å². The maximum Gasteiger partial charge on any atom is 0.189 e. The lowest BCUT2D eigenvalue weighted by Crippen LogP contribution is -2.00. The van der Waals surface area contributed by atoms with Gasteiger partial charge in [-0.3, -0.25) is 9.00 Å². The summed E-state index contributed by atoms with van der Waals surface area (Å²) in [5, 5.41) is 0. The Balaban J connectivity index is 1.98. The number of hydrogen-bond donors (Lipinski definition) is 0. The lowest BCUT2D eigenvalue weighted by atomic mass is 10.1. The monoisotopic (exact) mass is 404 g/mol. The second-order valence-electron chi connectivity index (χ2n) is 5.75. The molecular formula is C20H20O7S. The molecular weight excluding hydrogens is 384 g/mol. The van der Waals surface area contributed by atoms with Gasteiger partial charge < -0.3 is 23.7 Å². The van der Waals surface area contributed by atoms with Crippen molar-refractivity contribution in [2.24, 2.45) is 0 Å². The van der Waals surface area contributed by atoms with Gasteiger partial charge in [0.25, 0.3) is 0 Å². The number of ketones is 1.